The zero-order valence-electron chi connectivity index (χ0n) is 14.3. The number of tetrazole rings is 1. The average molecular weight is 314 g/mol. The smallest absolute Gasteiger partial charge is 0.250 e. The van der Waals surface area contributed by atoms with Gasteiger partial charge in [-0.05, 0) is 75.3 Å². The molecular weight excluding hydrogens is 288 g/mol. The molecule has 0 aliphatic carbocycles. The predicted octanol–water partition coefficient (Wildman–Crippen LogP) is 2.14. The first-order chi connectivity index (χ1) is 11.1. The summed E-state index contributed by atoms with van der Waals surface area (Å²) >= 11 is 0. The molecule has 1 fully saturated rings. The third-order valence-electron chi connectivity index (χ3n) is 4.61. The summed E-state index contributed by atoms with van der Waals surface area (Å²) in [6, 6.07) is 8.32. The number of hydrogen-bond acceptors (Lipinski definition) is 5. The maximum atomic E-state index is 4.26. The van der Waals surface area contributed by atoms with E-state index < -0.39 is 0 Å². The summed E-state index contributed by atoms with van der Waals surface area (Å²) in [4.78, 5) is 4.58. The van der Waals surface area contributed by atoms with Gasteiger partial charge in [0.2, 0.25) is 5.95 Å². The van der Waals surface area contributed by atoms with Gasteiger partial charge in [0.25, 0.3) is 0 Å². The lowest BCUT2D eigenvalue weighted by Gasteiger charge is -2.32. The molecule has 0 N–H and O–H groups in total. The van der Waals surface area contributed by atoms with Gasteiger partial charge in [-0.3, -0.25) is 0 Å². The molecule has 0 bridgehead atoms. The first kappa shape index (κ1) is 15.9. The normalized spacial score (nSPS) is 16.3. The lowest BCUT2D eigenvalue weighted by molar-refractivity contribution is 0.312. The van der Waals surface area contributed by atoms with Crippen LogP contribution in [0.15, 0.2) is 24.3 Å². The molecule has 124 valence electrons. The van der Waals surface area contributed by atoms with Gasteiger partial charge in [0.05, 0.1) is 5.69 Å². The summed E-state index contributed by atoms with van der Waals surface area (Å²) in [5, 5.41) is 12.3. The summed E-state index contributed by atoms with van der Waals surface area (Å²) in [7, 11) is 4.29. The topological polar surface area (TPSA) is 50.1 Å². The van der Waals surface area contributed by atoms with Crippen molar-refractivity contribution in [2.24, 2.45) is 5.92 Å². The molecule has 0 unspecified atom stereocenters. The molecule has 2 heterocycles. The van der Waals surface area contributed by atoms with Gasteiger partial charge in [-0.25, -0.2) is 0 Å². The van der Waals surface area contributed by atoms with Crippen LogP contribution in [-0.2, 0) is 0 Å². The highest BCUT2D eigenvalue weighted by molar-refractivity contribution is 5.41. The maximum absolute atomic E-state index is 4.26. The van der Waals surface area contributed by atoms with Crippen LogP contribution in [0, 0.1) is 12.8 Å². The molecule has 1 aliphatic heterocycles. The van der Waals surface area contributed by atoms with Crippen LogP contribution in [0.3, 0.4) is 0 Å². The van der Waals surface area contributed by atoms with Crippen molar-refractivity contribution in [2.45, 2.75) is 26.2 Å². The van der Waals surface area contributed by atoms with E-state index >= 15 is 0 Å². The molecule has 1 saturated heterocycles. The number of benzene rings is 1. The molecule has 1 aliphatic rings. The molecular formula is C17H26N6. The molecule has 3 rings (SSSR count). The van der Waals surface area contributed by atoms with E-state index in [0.717, 1.165) is 30.6 Å². The SMILES string of the molecule is Cc1ccc(-n2nnnc2N2CCC(CCN(C)C)CC2)cc1. The van der Waals surface area contributed by atoms with Crippen molar-refractivity contribution >= 4 is 5.95 Å². The lowest BCUT2D eigenvalue weighted by atomic mass is 9.93. The standard InChI is InChI=1S/C17H26N6/c1-14-4-6-16(7-5-14)23-17(18-19-20-23)22-12-9-15(10-13-22)8-11-21(2)3/h4-7,15H,8-13H2,1-3H3. The fourth-order valence-electron chi connectivity index (χ4n) is 3.10. The number of anilines is 1. The van der Waals surface area contributed by atoms with Gasteiger partial charge in [-0.1, -0.05) is 22.8 Å². The van der Waals surface area contributed by atoms with Crippen molar-refractivity contribution in [2.75, 3.05) is 38.6 Å². The summed E-state index contributed by atoms with van der Waals surface area (Å²) < 4.78 is 1.85. The second-order valence-corrected chi connectivity index (χ2v) is 6.75. The minimum atomic E-state index is 0.817. The number of rotatable bonds is 5. The third kappa shape index (κ3) is 3.88. The highest BCUT2D eigenvalue weighted by atomic mass is 15.6. The molecule has 0 atom stereocenters. The second-order valence-electron chi connectivity index (χ2n) is 6.75. The first-order valence-corrected chi connectivity index (χ1v) is 8.38. The summed E-state index contributed by atoms with van der Waals surface area (Å²) in [5.41, 5.74) is 2.26. The van der Waals surface area contributed by atoms with E-state index in [4.69, 9.17) is 0 Å². The van der Waals surface area contributed by atoms with Crippen LogP contribution < -0.4 is 4.90 Å². The molecule has 23 heavy (non-hydrogen) atoms. The first-order valence-electron chi connectivity index (χ1n) is 8.38. The summed E-state index contributed by atoms with van der Waals surface area (Å²) in [5.74, 6) is 1.68. The van der Waals surface area contributed by atoms with Gasteiger partial charge < -0.3 is 9.80 Å². The Morgan fingerprint density at radius 2 is 1.83 bits per heavy atom. The second kappa shape index (κ2) is 7.08. The van der Waals surface area contributed by atoms with E-state index in [1.807, 2.05) is 4.68 Å². The molecule has 0 saturated carbocycles. The van der Waals surface area contributed by atoms with Gasteiger partial charge in [0.15, 0.2) is 0 Å². The zero-order chi connectivity index (χ0) is 16.2. The molecule has 0 spiro atoms. The zero-order valence-corrected chi connectivity index (χ0v) is 14.3. The lowest BCUT2D eigenvalue weighted by Crippen LogP contribution is -2.36. The fourth-order valence-corrected chi connectivity index (χ4v) is 3.10. The van der Waals surface area contributed by atoms with Crippen LogP contribution in [0.5, 0.6) is 0 Å². The predicted molar refractivity (Wildman–Crippen MR) is 92.0 cm³/mol. The van der Waals surface area contributed by atoms with Crippen LogP contribution in [0.1, 0.15) is 24.8 Å². The maximum Gasteiger partial charge on any atom is 0.250 e. The molecule has 6 heteroatoms. The molecule has 6 nitrogen and oxygen atoms in total. The van der Waals surface area contributed by atoms with Gasteiger partial charge >= 0.3 is 0 Å². The van der Waals surface area contributed by atoms with Gasteiger partial charge in [0.1, 0.15) is 0 Å². The highest BCUT2D eigenvalue weighted by Gasteiger charge is 2.23. The van der Waals surface area contributed by atoms with Crippen LogP contribution >= 0.6 is 0 Å². The summed E-state index contributed by atoms with van der Waals surface area (Å²) in [6.07, 6.45) is 3.72. The van der Waals surface area contributed by atoms with Crippen molar-refractivity contribution in [3.63, 3.8) is 0 Å². The molecule has 1 aromatic heterocycles. The minimum absolute atomic E-state index is 0.817. The monoisotopic (exact) mass is 314 g/mol. The van der Waals surface area contributed by atoms with Crippen molar-refractivity contribution in [3.8, 4) is 5.69 Å². The highest BCUT2D eigenvalue weighted by Crippen LogP contribution is 2.25. The average Bonchev–Trinajstić information content (AvgIpc) is 3.03. The number of aryl methyl sites for hydroxylation is 1. The Kier molecular flexibility index (Phi) is 4.91. The van der Waals surface area contributed by atoms with Crippen LogP contribution in [0.25, 0.3) is 5.69 Å². The van der Waals surface area contributed by atoms with E-state index in [9.17, 15) is 0 Å². The van der Waals surface area contributed by atoms with Gasteiger partial charge in [0, 0.05) is 13.1 Å². The van der Waals surface area contributed by atoms with Gasteiger partial charge in [-0.2, -0.15) is 4.68 Å². The molecule has 0 radical (unpaired) electrons. The number of piperidine rings is 1. The Hall–Kier alpha value is -1.95. The Balaban J connectivity index is 1.65. The van der Waals surface area contributed by atoms with Crippen molar-refractivity contribution in [1.82, 2.24) is 25.1 Å². The van der Waals surface area contributed by atoms with E-state index in [1.54, 1.807) is 0 Å². The largest absolute Gasteiger partial charge is 0.339 e. The Morgan fingerprint density at radius 1 is 1.13 bits per heavy atom. The summed E-state index contributed by atoms with van der Waals surface area (Å²) in [6.45, 7) is 5.32. The quantitative estimate of drug-likeness (QED) is 0.846. The van der Waals surface area contributed by atoms with Crippen LogP contribution in [0.2, 0.25) is 0 Å². The third-order valence-corrected chi connectivity index (χ3v) is 4.61. The van der Waals surface area contributed by atoms with E-state index in [0.29, 0.717) is 0 Å². The molecule has 0 amide bonds. The van der Waals surface area contributed by atoms with Gasteiger partial charge in [-0.15, -0.1) is 0 Å². The Bertz CT molecular complexity index is 610. The fraction of sp³-hybridized carbons (Fsp3) is 0.588. The minimum Gasteiger partial charge on any atom is -0.339 e. The number of aromatic nitrogens is 4. The van der Waals surface area contributed by atoms with Crippen molar-refractivity contribution in [3.05, 3.63) is 29.8 Å². The number of nitrogens with zero attached hydrogens (tertiary/aromatic N) is 6. The molecule has 1 aromatic carbocycles. The van der Waals surface area contributed by atoms with Crippen molar-refractivity contribution < 1.29 is 0 Å². The van der Waals surface area contributed by atoms with E-state index in [1.165, 1.54) is 31.4 Å². The van der Waals surface area contributed by atoms with E-state index in [2.05, 4.69) is 70.6 Å². The van der Waals surface area contributed by atoms with Crippen molar-refractivity contribution in [1.29, 1.82) is 0 Å². The molecule has 2 aromatic rings. The Morgan fingerprint density at radius 3 is 2.48 bits per heavy atom. The number of hydrogen-bond donors (Lipinski definition) is 0. The van der Waals surface area contributed by atoms with Crippen LogP contribution in [-0.4, -0.2) is 58.8 Å². The van der Waals surface area contributed by atoms with E-state index in [-0.39, 0.29) is 0 Å². The Labute approximate surface area is 138 Å². The van der Waals surface area contributed by atoms with Crippen LogP contribution in [0.4, 0.5) is 5.95 Å².